The molecule has 2 saturated heterocycles. The van der Waals surface area contributed by atoms with Crippen LogP contribution in [0.25, 0.3) is 22.3 Å². The number of nitrogens with one attached hydrogen (secondary N) is 3. The molecule has 17 heteroatoms. The van der Waals surface area contributed by atoms with Crippen LogP contribution in [0, 0.1) is 5.82 Å². The average Bonchev–Trinajstić information content (AvgIpc) is 3.80. The number of anilines is 1. The monoisotopic (exact) mass is 658 g/mol. The molecule has 0 unspecified atom stereocenters. The Labute approximate surface area is 274 Å². The number of fused-ring (bicyclic) bond motifs is 1. The van der Waals surface area contributed by atoms with Gasteiger partial charge in [0.25, 0.3) is 17.6 Å². The van der Waals surface area contributed by atoms with Crippen molar-refractivity contribution in [1.29, 1.82) is 0 Å². The molecule has 6 rings (SSSR count). The molecule has 250 valence electrons. The van der Waals surface area contributed by atoms with Crippen molar-refractivity contribution in [3.05, 3.63) is 65.9 Å². The maximum atomic E-state index is 15.2. The summed E-state index contributed by atoms with van der Waals surface area (Å²) in [5.41, 5.74) is 1.41. The standard InChI is InChI=1S/C31H35FN12O4/c1-34-44(20-5-3-2-4-6-20)31(38-33)43-11-9-42(10-12-43)30(47)28(45)21-18-36-27-25(21)22(32)19-37-26(27)23-17-24(40-39-23)29(46)35-7-8-41-13-15-48-16-14-41/h2-6,17-19,36H,1,7-16,33H2,(H,35,46)(H,39,40)/b38-31-. The first-order valence-corrected chi connectivity index (χ1v) is 15.4. The molecular weight excluding hydrogens is 623 g/mol. The van der Waals surface area contributed by atoms with Gasteiger partial charge in [-0.3, -0.25) is 24.4 Å². The van der Waals surface area contributed by atoms with Crippen LogP contribution < -0.4 is 16.2 Å². The molecule has 4 aromatic rings. The number of para-hydroxylation sites is 1. The number of hydrazone groups is 2. The van der Waals surface area contributed by atoms with Crippen LogP contribution in [-0.4, -0.2) is 131 Å². The van der Waals surface area contributed by atoms with E-state index < -0.39 is 17.5 Å². The second-order valence-corrected chi connectivity index (χ2v) is 11.1. The zero-order valence-electron chi connectivity index (χ0n) is 26.1. The number of H-pyrrole nitrogens is 2. The summed E-state index contributed by atoms with van der Waals surface area (Å²) in [6.45, 7) is 8.71. The minimum atomic E-state index is -0.875. The fourth-order valence-corrected chi connectivity index (χ4v) is 5.76. The number of ether oxygens (including phenoxy) is 1. The highest BCUT2D eigenvalue weighted by molar-refractivity contribution is 6.45. The molecule has 0 saturated carbocycles. The number of rotatable bonds is 9. The largest absolute Gasteiger partial charge is 0.379 e. The summed E-state index contributed by atoms with van der Waals surface area (Å²) in [7, 11) is 0. The summed E-state index contributed by atoms with van der Waals surface area (Å²) in [6.07, 6.45) is 2.25. The SMILES string of the molecule is C=NN(/C(=N\N)N1CCN(C(=O)C(=O)c2c[nH]c3c(-c4cc(C(=O)NCCN5CCOCC5)[nH]n4)ncc(F)c23)CC1)c1ccccc1. The highest BCUT2D eigenvalue weighted by Crippen LogP contribution is 2.30. The third kappa shape index (κ3) is 6.58. The predicted molar refractivity (Wildman–Crippen MR) is 176 cm³/mol. The number of carbonyl (C=O) groups is 3. The summed E-state index contributed by atoms with van der Waals surface area (Å²) in [6, 6.07) is 10.7. The average molecular weight is 659 g/mol. The first kappa shape index (κ1) is 32.3. The Balaban J connectivity index is 1.12. The molecule has 0 aliphatic carbocycles. The lowest BCUT2D eigenvalue weighted by Crippen LogP contribution is -2.55. The molecule has 0 bridgehead atoms. The number of nitrogens with two attached hydrogens (primary N) is 1. The zero-order chi connectivity index (χ0) is 33.6. The molecule has 3 aromatic heterocycles. The van der Waals surface area contributed by atoms with E-state index in [4.69, 9.17) is 10.6 Å². The number of amides is 2. The first-order chi connectivity index (χ1) is 23.4. The normalized spacial score (nSPS) is 15.8. The van der Waals surface area contributed by atoms with Gasteiger partial charge in [0, 0.05) is 65.3 Å². The van der Waals surface area contributed by atoms with E-state index in [1.807, 2.05) is 35.2 Å². The number of aromatic nitrogens is 4. The lowest BCUT2D eigenvalue weighted by Gasteiger charge is -2.37. The number of aromatic amines is 2. The van der Waals surface area contributed by atoms with Gasteiger partial charge in [-0.15, -0.1) is 5.10 Å². The topological polar surface area (TPSA) is 194 Å². The van der Waals surface area contributed by atoms with Crippen molar-refractivity contribution in [3.63, 3.8) is 0 Å². The number of hydrogen-bond donors (Lipinski definition) is 4. The van der Waals surface area contributed by atoms with Crippen LogP contribution in [0.2, 0.25) is 0 Å². The van der Waals surface area contributed by atoms with Crippen LogP contribution in [0.15, 0.2) is 59.0 Å². The highest BCUT2D eigenvalue weighted by atomic mass is 19.1. The minimum absolute atomic E-state index is 0.0930. The van der Waals surface area contributed by atoms with E-state index in [1.54, 1.807) is 0 Å². The molecular formula is C31H35FN12O4. The van der Waals surface area contributed by atoms with Crippen LogP contribution in [0.3, 0.4) is 0 Å². The van der Waals surface area contributed by atoms with Crippen molar-refractivity contribution in [3.8, 4) is 11.4 Å². The number of pyridine rings is 1. The summed E-state index contributed by atoms with van der Waals surface area (Å²) in [5.74, 6) is 3.25. The quantitative estimate of drug-likeness (QED) is 0.0500. The number of piperazine rings is 1. The molecule has 0 radical (unpaired) electrons. The molecule has 48 heavy (non-hydrogen) atoms. The summed E-state index contributed by atoms with van der Waals surface area (Å²) < 4.78 is 20.5. The smallest absolute Gasteiger partial charge is 0.295 e. The molecule has 0 spiro atoms. The number of ketones is 1. The van der Waals surface area contributed by atoms with E-state index in [0.29, 0.717) is 51.0 Å². The van der Waals surface area contributed by atoms with Crippen LogP contribution in [0.1, 0.15) is 20.8 Å². The van der Waals surface area contributed by atoms with Crippen LogP contribution in [0.5, 0.6) is 0 Å². The van der Waals surface area contributed by atoms with Crippen molar-refractivity contribution in [2.45, 2.75) is 0 Å². The second kappa shape index (κ2) is 14.4. The second-order valence-electron chi connectivity index (χ2n) is 11.1. The Hall–Kier alpha value is -5.68. The number of Topliss-reactive ketones (excluding diaryl/α,β-unsaturated/α-hetero) is 1. The van der Waals surface area contributed by atoms with Gasteiger partial charge < -0.3 is 30.7 Å². The Bertz CT molecular complexity index is 1830. The lowest BCUT2D eigenvalue weighted by atomic mass is 10.1. The Morgan fingerprint density at radius 2 is 1.81 bits per heavy atom. The summed E-state index contributed by atoms with van der Waals surface area (Å²) in [5, 5.41) is 19.1. The fraction of sp³-hybridized carbons (Fsp3) is 0.323. The van der Waals surface area contributed by atoms with E-state index in [9.17, 15) is 14.4 Å². The van der Waals surface area contributed by atoms with Gasteiger partial charge in [-0.25, -0.2) is 9.37 Å². The molecule has 2 amide bonds. The number of hydrogen-bond acceptors (Lipinski definition) is 10. The van der Waals surface area contributed by atoms with Crippen molar-refractivity contribution < 1.29 is 23.5 Å². The number of morpholine rings is 1. The molecule has 2 fully saturated rings. The van der Waals surface area contributed by atoms with Gasteiger partial charge in [0.1, 0.15) is 17.1 Å². The van der Waals surface area contributed by atoms with Crippen LogP contribution in [-0.2, 0) is 9.53 Å². The maximum Gasteiger partial charge on any atom is 0.295 e. The third-order valence-electron chi connectivity index (χ3n) is 8.28. The van der Waals surface area contributed by atoms with Crippen molar-refractivity contribution in [2.24, 2.45) is 16.0 Å². The molecule has 1 aromatic carbocycles. The van der Waals surface area contributed by atoms with Gasteiger partial charge in [0.2, 0.25) is 5.96 Å². The first-order valence-electron chi connectivity index (χ1n) is 15.4. The van der Waals surface area contributed by atoms with Crippen molar-refractivity contribution in [2.75, 3.05) is 70.6 Å². The summed E-state index contributed by atoms with van der Waals surface area (Å²) >= 11 is 0. The van der Waals surface area contributed by atoms with Crippen molar-refractivity contribution >= 4 is 46.9 Å². The Morgan fingerprint density at radius 1 is 1.08 bits per heavy atom. The van der Waals surface area contributed by atoms with Gasteiger partial charge in [0.05, 0.1) is 41.6 Å². The summed E-state index contributed by atoms with van der Waals surface area (Å²) in [4.78, 5) is 52.1. The fourth-order valence-electron chi connectivity index (χ4n) is 5.76. The van der Waals surface area contributed by atoms with Crippen molar-refractivity contribution in [1.82, 2.24) is 40.2 Å². The van der Waals surface area contributed by atoms with Gasteiger partial charge in [-0.1, -0.05) is 18.2 Å². The number of carbonyl (C=O) groups excluding carboxylic acids is 3. The Morgan fingerprint density at radius 3 is 2.52 bits per heavy atom. The highest BCUT2D eigenvalue weighted by Gasteiger charge is 2.32. The van der Waals surface area contributed by atoms with Crippen LogP contribution in [0.4, 0.5) is 10.1 Å². The van der Waals surface area contributed by atoms with E-state index in [-0.39, 0.29) is 52.5 Å². The number of nitrogens with zero attached hydrogens (tertiary/aromatic N) is 8. The molecule has 2 aliphatic rings. The van der Waals surface area contributed by atoms with E-state index in [1.165, 1.54) is 22.2 Å². The van der Waals surface area contributed by atoms with E-state index in [2.05, 4.69) is 47.3 Å². The molecule has 5 N–H and O–H groups in total. The third-order valence-corrected chi connectivity index (χ3v) is 8.28. The van der Waals surface area contributed by atoms with Crippen LogP contribution >= 0.6 is 0 Å². The molecule has 5 heterocycles. The van der Waals surface area contributed by atoms with Gasteiger partial charge in [0.15, 0.2) is 5.82 Å². The Kier molecular flexibility index (Phi) is 9.67. The maximum absolute atomic E-state index is 15.2. The number of halogens is 1. The molecule has 16 nitrogen and oxygen atoms in total. The molecule has 2 aliphatic heterocycles. The number of guanidine groups is 1. The lowest BCUT2D eigenvalue weighted by molar-refractivity contribution is -0.127. The zero-order valence-corrected chi connectivity index (χ0v) is 26.1. The minimum Gasteiger partial charge on any atom is -0.379 e. The van der Waals surface area contributed by atoms with E-state index >= 15 is 4.39 Å². The number of benzene rings is 1. The predicted octanol–water partition coefficient (Wildman–Crippen LogP) is 0.833. The van der Waals surface area contributed by atoms with Gasteiger partial charge in [-0.2, -0.15) is 15.2 Å². The van der Waals surface area contributed by atoms with Gasteiger partial charge in [-0.05, 0) is 18.2 Å². The van der Waals surface area contributed by atoms with E-state index in [0.717, 1.165) is 19.3 Å². The molecule has 0 atom stereocenters. The van der Waals surface area contributed by atoms with Gasteiger partial charge >= 0.3 is 0 Å².